The van der Waals surface area contributed by atoms with Gasteiger partial charge in [-0.25, -0.2) is 0 Å². The SMILES string of the molecule is CC[C@]12C[C@@H](O)[C@@]3(CCO[C@@H]4[C@H]3[C@H]1C(=O)N4c1ccc(C#N)c(C(F)(F)F)c1)O2. The molecule has 0 aliphatic carbocycles. The van der Waals surface area contributed by atoms with Gasteiger partial charge in [0, 0.05) is 18.5 Å². The Bertz CT molecular complexity index is 945. The summed E-state index contributed by atoms with van der Waals surface area (Å²) in [4.78, 5) is 14.7. The third kappa shape index (κ3) is 2.19. The highest BCUT2D eigenvalue weighted by Gasteiger charge is 2.78. The first-order valence-electron chi connectivity index (χ1n) is 9.63. The zero-order chi connectivity index (χ0) is 20.8. The van der Waals surface area contributed by atoms with Gasteiger partial charge in [0.05, 0.1) is 47.3 Å². The number of fused-ring (bicyclic) bond motifs is 2. The fraction of sp³-hybridized carbons (Fsp3) is 0.600. The lowest BCUT2D eigenvalue weighted by Crippen LogP contribution is -2.57. The minimum absolute atomic E-state index is 0.0397. The van der Waals surface area contributed by atoms with Crippen molar-refractivity contribution >= 4 is 11.6 Å². The molecule has 6 atom stereocenters. The van der Waals surface area contributed by atoms with Gasteiger partial charge in [0.1, 0.15) is 11.8 Å². The molecule has 1 aromatic carbocycles. The largest absolute Gasteiger partial charge is 0.417 e. The lowest BCUT2D eigenvalue weighted by Gasteiger charge is -2.43. The lowest BCUT2D eigenvalue weighted by atomic mass is 9.63. The molecule has 4 fully saturated rings. The minimum atomic E-state index is -4.72. The summed E-state index contributed by atoms with van der Waals surface area (Å²) in [5, 5.41) is 19.8. The molecular formula is C20H19F3N2O4. The fourth-order valence-electron chi connectivity index (χ4n) is 5.93. The van der Waals surface area contributed by atoms with Crippen molar-refractivity contribution in [3.63, 3.8) is 0 Å². The van der Waals surface area contributed by atoms with Crippen molar-refractivity contribution in [3.05, 3.63) is 29.3 Å². The van der Waals surface area contributed by atoms with Crippen LogP contribution in [0.5, 0.6) is 0 Å². The third-order valence-electron chi connectivity index (χ3n) is 7.14. The predicted octanol–water partition coefficient (Wildman–Crippen LogP) is 2.58. The average Bonchev–Trinajstić information content (AvgIpc) is 3.26. The summed E-state index contributed by atoms with van der Waals surface area (Å²) in [6.07, 6.45) is -4.99. The molecule has 1 aromatic rings. The first-order chi connectivity index (χ1) is 13.7. The van der Waals surface area contributed by atoms with Crippen molar-refractivity contribution in [2.45, 2.75) is 55.9 Å². The number of carbonyl (C=O) groups excluding carboxylic acids is 1. The van der Waals surface area contributed by atoms with Crippen LogP contribution in [-0.4, -0.2) is 41.2 Å². The van der Waals surface area contributed by atoms with Gasteiger partial charge in [-0.3, -0.25) is 9.69 Å². The van der Waals surface area contributed by atoms with E-state index >= 15 is 0 Å². The van der Waals surface area contributed by atoms with E-state index in [0.717, 1.165) is 12.1 Å². The summed E-state index contributed by atoms with van der Waals surface area (Å²) < 4.78 is 52.5. The molecule has 4 aliphatic rings. The zero-order valence-electron chi connectivity index (χ0n) is 15.6. The van der Waals surface area contributed by atoms with Crippen LogP contribution in [0.25, 0.3) is 0 Å². The second kappa shape index (κ2) is 5.72. The van der Waals surface area contributed by atoms with E-state index < -0.39 is 52.7 Å². The molecule has 0 unspecified atom stereocenters. The molecule has 1 N–H and O–H groups in total. The van der Waals surface area contributed by atoms with Gasteiger partial charge < -0.3 is 14.6 Å². The Morgan fingerprint density at radius 3 is 2.83 bits per heavy atom. The Morgan fingerprint density at radius 2 is 2.17 bits per heavy atom. The molecule has 5 rings (SSSR count). The van der Waals surface area contributed by atoms with Gasteiger partial charge in [0.15, 0.2) is 0 Å². The van der Waals surface area contributed by atoms with Crippen molar-refractivity contribution in [2.75, 3.05) is 11.5 Å². The van der Waals surface area contributed by atoms with Gasteiger partial charge in [-0.2, -0.15) is 18.4 Å². The third-order valence-corrected chi connectivity index (χ3v) is 7.14. The molecule has 0 aromatic heterocycles. The fourth-order valence-corrected chi connectivity index (χ4v) is 5.93. The first-order valence-corrected chi connectivity index (χ1v) is 9.63. The number of halogens is 3. The molecule has 1 spiro atoms. The van der Waals surface area contributed by atoms with Crippen LogP contribution in [0.2, 0.25) is 0 Å². The number of carbonyl (C=O) groups is 1. The van der Waals surface area contributed by atoms with Gasteiger partial charge in [-0.1, -0.05) is 6.92 Å². The molecule has 4 saturated heterocycles. The van der Waals surface area contributed by atoms with Crippen LogP contribution in [0.1, 0.15) is 37.3 Å². The normalized spacial score (nSPS) is 40.3. The number of alkyl halides is 3. The molecule has 0 saturated carbocycles. The number of aliphatic hydroxyl groups excluding tert-OH is 1. The highest BCUT2D eigenvalue weighted by Crippen LogP contribution is 2.66. The summed E-state index contributed by atoms with van der Waals surface area (Å²) in [6.45, 7) is 2.12. The molecule has 0 radical (unpaired) electrons. The molecular weight excluding hydrogens is 389 g/mol. The van der Waals surface area contributed by atoms with Crippen LogP contribution < -0.4 is 4.90 Å². The maximum absolute atomic E-state index is 13.4. The number of hydrogen-bond acceptors (Lipinski definition) is 5. The van der Waals surface area contributed by atoms with Gasteiger partial charge in [0.2, 0.25) is 5.91 Å². The summed E-state index contributed by atoms with van der Waals surface area (Å²) in [5.41, 5.74) is -3.29. The number of ether oxygens (including phenoxy) is 2. The summed E-state index contributed by atoms with van der Waals surface area (Å²) in [5.74, 6) is -1.38. The van der Waals surface area contributed by atoms with Gasteiger partial charge in [-0.05, 0) is 24.6 Å². The van der Waals surface area contributed by atoms with E-state index in [2.05, 4.69) is 0 Å². The van der Waals surface area contributed by atoms with Crippen molar-refractivity contribution in [1.29, 1.82) is 5.26 Å². The zero-order valence-corrected chi connectivity index (χ0v) is 15.6. The van der Waals surface area contributed by atoms with E-state index in [0.29, 0.717) is 19.3 Å². The van der Waals surface area contributed by atoms with Crippen molar-refractivity contribution in [3.8, 4) is 6.07 Å². The van der Waals surface area contributed by atoms with Gasteiger partial charge >= 0.3 is 6.18 Å². The van der Waals surface area contributed by atoms with Crippen molar-refractivity contribution in [2.24, 2.45) is 11.8 Å². The molecule has 154 valence electrons. The monoisotopic (exact) mass is 408 g/mol. The number of nitrogens with zero attached hydrogens (tertiary/aromatic N) is 2. The molecule has 6 nitrogen and oxygen atoms in total. The Labute approximate surface area is 164 Å². The van der Waals surface area contributed by atoms with E-state index in [-0.39, 0.29) is 18.2 Å². The van der Waals surface area contributed by atoms with Crippen LogP contribution in [0, 0.1) is 23.2 Å². The number of benzene rings is 1. The number of rotatable bonds is 2. The number of amides is 1. The standard InChI is InChI=1S/C20H19F3N2O4/c1-2-18-8-13(26)19(29-18)5-6-28-17-15(19)14(18)16(27)25(17)11-4-3-10(9-24)12(7-11)20(21,22)23/h3-4,7,13-15,17,26H,2,5-6,8H2,1H3/t13-,14+,15-,17-,18+,19-/m1/s1. The van der Waals surface area contributed by atoms with Gasteiger partial charge in [0.25, 0.3) is 0 Å². The number of nitriles is 1. The topological polar surface area (TPSA) is 82.8 Å². The van der Waals surface area contributed by atoms with Crippen LogP contribution in [-0.2, 0) is 20.4 Å². The maximum Gasteiger partial charge on any atom is 0.417 e. The van der Waals surface area contributed by atoms with Crippen LogP contribution in [0.4, 0.5) is 18.9 Å². The molecule has 9 heteroatoms. The van der Waals surface area contributed by atoms with Crippen molar-refractivity contribution < 1.29 is 32.5 Å². The Morgan fingerprint density at radius 1 is 1.41 bits per heavy atom. The van der Waals surface area contributed by atoms with E-state index in [1.165, 1.54) is 11.0 Å². The maximum atomic E-state index is 13.4. The molecule has 4 aliphatic heterocycles. The minimum Gasteiger partial charge on any atom is -0.390 e. The predicted molar refractivity (Wildman–Crippen MR) is 92.4 cm³/mol. The average molecular weight is 408 g/mol. The van der Waals surface area contributed by atoms with Crippen LogP contribution in [0.3, 0.4) is 0 Å². The van der Waals surface area contributed by atoms with E-state index in [1.807, 2.05) is 6.92 Å². The molecule has 4 heterocycles. The molecule has 1 amide bonds. The Hall–Kier alpha value is -2.15. The summed E-state index contributed by atoms with van der Waals surface area (Å²) in [6, 6.07) is 4.80. The highest BCUT2D eigenvalue weighted by molar-refractivity contribution is 6.00. The van der Waals surface area contributed by atoms with Gasteiger partial charge in [-0.15, -0.1) is 0 Å². The Balaban J connectivity index is 1.63. The summed E-state index contributed by atoms with van der Waals surface area (Å²) >= 11 is 0. The van der Waals surface area contributed by atoms with E-state index in [4.69, 9.17) is 14.7 Å². The molecule has 29 heavy (non-hydrogen) atoms. The second-order valence-corrected chi connectivity index (χ2v) is 8.26. The first kappa shape index (κ1) is 18.9. The van der Waals surface area contributed by atoms with E-state index in [1.54, 1.807) is 6.07 Å². The quantitative estimate of drug-likeness (QED) is 0.814. The van der Waals surface area contributed by atoms with Crippen LogP contribution in [0.15, 0.2) is 18.2 Å². The van der Waals surface area contributed by atoms with Crippen LogP contribution >= 0.6 is 0 Å². The number of aliphatic hydroxyl groups is 1. The lowest BCUT2D eigenvalue weighted by molar-refractivity contribution is -0.165. The highest BCUT2D eigenvalue weighted by atomic mass is 19.4. The second-order valence-electron chi connectivity index (χ2n) is 8.26. The molecule has 2 bridgehead atoms. The summed E-state index contributed by atoms with van der Waals surface area (Å²) in [7, 11) is 0. The number of hydrogen-bond donors (Lipinski definition) is 1. The number of anilines is 1. The smallest absolute Gasteiger partial charge is 0.390 e. The Kier molecular flexibility index (Phi) is 3.72. The van der Waals surface area contributed by atoms with E-state index in [9.17, 15) is 23.1 Å². The van der Waals surface area contributed by atoms with Crippen molar-refractivity contribution in [1.82, 2.24) is 0 Å².